The third-order valence-corrected chi connectivity index (χ3v) is 3.12. The summed E-state index contributed by atoms with van der Waals surface area (Å²) >= 11 is 1.37. The van der Waals surface area contributed by atoms with Gasteiger partial charge in [0.2, 0.25) is 0 Å². The van der Waals surface area contributed by atoms with Crippen LogP contribution in [0.25, 0.3) is 0 Å². The number of nitrogens with two attached hydrogens (primary N) is 1. The minimum Gasteiger partial charge on any atom is -0.493 e. The van der Waals surface area contributed by atoms with Gasteiger partial charge in [0, 0.05) is 17.2 Å². The molecule has 14 heavy (non-hydrogen) atoms. The van der Waals surface area contributed by atoms with Crippen LogP contribution in [0.1, 0.15) is 11.5 Å². The number of thioether (sulfide) groups is 1. The standard InChI is InChI=1S/C10H12N2OS/c11-10(12)14-6-7-5-13-9-4-2-1-3-8(7)9/h1-4,7H,5-6H2,(H3,11,12). The Balaban J connectivity index is 2.07. The van der Waals surface area contributed by atoms with Crippen molar-refractivity contribution < 1.29 is 4.74 Å². The number of nitrogens with one attached hydrogen (secondary N) is 1. The SMILES string of the molecule is N=C(N)SCC1COc2ccccc21. The molecule has 1 atom stereocenters. The van der Waals surface area contributed by atoms with Crippen molar-refractivity contribution in [3.63, 3.8) is 0 Å². The van der Waals surface area contributed by atoms with E-state index in [4.69, 9.17) is 15.9 Å². The van der Waals surface area contributed by atoms with Crippen molar-refractivity contribution in [2.24, 2.45) is 5.73 Å². The van der Waals surface area contributed by atoms with Crippen LogP contribution in [-0.2, 0) is 0 Å². The molecule has 1 aromatic carbocycles. The van der Waals surface area contributed by atoms with Crippen LogP contribution in [0.4, 0.5) is 0 Å². The zero-order valence-electron chi connectivity index (χ0n) is 7.69. The summed E-state index contributed by atoms with van der Waals surface area (Å²) in [5.74, 6) is 2.17. The molecule has 0 amide bonds. The first kappa shape index (κ1) is 9.40. The fourth-order valence-electron chi connectivity index (χ4n) is 1.56. The molecule has 0 aliphatic carbocycles. The summed E-state index contributed by atoms with van der Waals surface area (Å²) in [5.41, 5.74) is 6.53. The first-order chi connectivity index (χ1) is 6.77. The van der Waals surface area contributed by atoms with Crippen molar-refractivity contribution in [1.29, 1.82) is 5.41 Å². The molecule has 4 heteroatoms. The molecule has 2 rings (SSSR count). The van der Waals surface area contributed by atoms with E-state index in [1.54, 1.807) is 0 Å². The van der Waals surface area contributed by atoms with Crippen molar-refractivity contribution >= 4 is 16.9 Å². The van der Waals surface area contributed by atoms with Crippen molar-refractivity contribution in [1.82, 2.24) is 0 Å². The minimum absolute atomic E-state index is 0.175. The summed E-state index contributed by atoms with van der Waals surface area (Å²) in [7, 11) is 0. The van der Waals surface area contributed by atoms with Gasteiger partial charge in [0.15, 0.2) is 5.17 Å². The Labute approximate surface area is 87.1 Å². The quantitative estimate of drug-likeness (QED) is 0.575. The number of hydrogen-bond acceptors (Lipinski definition) is 3. The molecular formula is C10H12N2OS. The molecular weight excluding hydrogens is 196 g/mol. The van der Waals surface area contributed by atoms with Crippen molar-refractivity contribution in [3.05, 3.63) is 29.8 Å². The predicted octanol–water partition coefficient (Wildman–Crippen LogP) is 1.79. The maximum atomic E-state index is 7.14. The van der Waals surface area contributed by atoms with Crippen LogP contribution in [0, 0.1) is 5.41 Å². The van der Waals surface area contributed by atoms with Crippen LogP contribution in [-0.4, -0.2) is 17.5 Å². The smallest absolute Gasteiger partial charge is 0.151 e. The van der Waals surface area contributed by atoms with Gasteiger partial charge in [-0.15, -0.1) is 0 Å². The molecule has 1 aliphatic heterocycles. The number of rotatable bonds is 2. The summed E-state index contributed by atoms with van der Waals surface area (Å²) in [6, 6.07) is 8.04. The molecule has 3 nitrogen and oxygen atoms in total. The van der Waals surface area contributed by atoms with Crippen molar-refractivity contribution in [3.8, 4) is 5.75 Å². The molecule has 0 saturated heterocycles. The molecule has 0 aromatic heterocycles. The normalized spacial score (nSPS) is 18.7. The Morgan fingerprint density at radius 1 is 1.57 bits per heavy atom. The molecule has 74 valence electrons. The average Bonchev–Trinajstić information content (AvgIpc) is 2.58. The van der Waals surface area contributed by atoms with Crippen molar-refractivity contribution in [2.75, 3.05) is 12.4 Å². The maximum Gasteiger partial charge on any atom is 0.151 e. The lowest BCUT2D eigenvalue weighted by molar-refractivity contribution is 0.339. The van der Waals surface area contributed by atoms with Gasteiger partial charge in [-0.25, -0.2) is 0 Å². The van der Waals surface area contributed by atoms with Crippen LogP contribution in [0.3, 0.4) is 0 Å². The highest BCUT2D eigenvalue weighted by Gasteiger charge is 2.23. The fraction of sp³-hybridized carbons (Fsp3) is 0.300. The second-order valence-electron chi connectivity index (χ2n) is 3.22. The molecule has 1 heterocycles. The van der Waals surface area contributed by atoms with E-state index in [0.29, 0.717) is 12.5 Å². The van der Waals surface area contributed by atoms with Gasteiger partial charge < -0.3 is 10.5 Å². The van der Waals surface area contributed by atoms with Gasteiger partial charge in [-0.05, 0) is 6.07 Å². The van der Waals surface area contributed by atoms with Gasteiger partial charge >= 0.3 is 0 Å². The summed E-state index contributed by atoms with van der Waals surface area (Å²) in [4.78, 5) is 0. The Kier molecular flexibility index (Phi) is 2.63. The molecule has 1 aromatic rings. The van der Waals surface area contributed by atoms with Gasteiger partial charge in [-0.3, -0.25) is 5.41 Å². The van der Waals surface area contributed by atoms with E-state index in [1.807, 2.05) is 18.2 Å². The van der Waals surface area contributed by atoms with E-state index in [0.717, 1.165) is 11.5 Å². The first-order valence-electron chi connectivity index (χ1n) is 4.46. The number of fused-ring (bicyclic) bond motifs is 1. The second-order valence-corrected chi connectivity index (χ2v) is 4.28. The lowest BCUT2D eigenvalue weighted by Crippen LogP contribution is -2.10. The summed E-state index contributed by atoms with van der Waals surface area (Å²) < 4.78 is 5.52. The Morgan fingerprint density at radius 2 is 2.36 bits per heavy atom. The van der Waals surface area contributed by atoms with Crippen LogP contribution < -0.4 is 10.5 Å². The molecule has 1 unspecified atom stereocenters. The van der Waals surface area contributed by atoms with Crippen molar-refractivity contribution in [2.45, 2.75) is 5.92 Å². The molecule has 0 bridgehead atoms. The van der Waals surface area contributed by atoms with Gasteiger partial charge in [0.05, 0.1) is 6.61 Å². The highest BCUT2D eigenvalue weighted by Crippen LogP contribution is 2.35. The van der Waals surface area contributed by atoms with Crippen LogP contribution in [0.5, 0.6) is 5.75 Å². The van der Waals surface area contributed by atoms with E-state index in [1.165, 1.54) is 17.3 Å². The Hall–Kier alpha value is -1.16. The molecule has 0 fully saturated rings. The largest absolute Gasteiger partial charge is 0.493 e. The van der Waals surface area contributed by atoms with Gasteiger partial charge in [-0.2, -0.15) is 0 Å². The first-order valence-corrected chi connectivity index (χ1v) is 5.44. The van der Waals surface area contributed by atoms with Gasteiger partial charge in [0.1, 0.15) is 5.75 Å². The van der Waals surface area contributed by atoms with E-state index in [-0.39, 0.29) is 5.17 Å². The number of para-hydroxylation sites is 1. The van der Waals surface area contributed by atoms with E-state index in [9.17, 15) is 0 Å². The molecule has 3 N–H and O–H groups in total. The molecule has 0 radical (unpaired) electrons. The average molecular weight is 208 g/mol. The Bertz CT molecular complexity index is 354. The zero-order valence-corrected chi connectivity index (χ0v) is 8.51. The van der Waals surface area contributed by atoms with Crippen LogP contribution in [0.2, 0.25) is 0 Å². The summed E-state index contributed by atoms with van der Waals surface area (Å²) in [6.07, 6.45) is 0. The minimum atomic E-state index is 0.175. The second kappa shape index (κ2) is 3.92. The monoisotopic (exact) mass is 208 g/mol. The molecule has 0 spiro atoms. The van der Waals surface area contributed by atoms with Gasteiger partial charge in [-0.1, -0.05) is 30.0 Å². The lowest BCUT2D eigenvalue weighted by Gasteiger charge is -2.06. The fourth-order valence-corrected chi connectivity index (χ4v) is 2.21. The van der Waals surface area contributed by atoms with E-state index < -0.39 is 0 Å². The number of benzene rings is 1. The highest BCUT2D eigenvalue weighted by molar-refractivity contribution is 8.13. The zero-order chi connectivity index (χ0) is 9.97. The maximum absolute atomic E-state index is 7.14. The van der Waals surface area contributed by atoms with E-state index >= 15 is 0 Å². The van der Waals surface area contributed by atoms with Crippen LogP contribution in [0.15, 0.2) is 24.3 Å². The van der Waals surface area contributed by atoms with E-state index in [2.05, 4.69) is 6.07 Å². The predicted molar refractivity (Wildman–Crippen MR) is 59.1 cm³/mol. The number of ether oxygens (including phenoxy) is 1. The highest BCUT2D eigenvalue weighted by atomic mass is 32.2. The molecule has 0 saturated carbocycles. The Morgan fingerprint density at radius 3 is 3.14 bits per heavy atom. The lowest BCUT2D eigenvalue weighted by atomic mass is 10.0. The van der Waals surface area contributed by atoms with Gasteiger partial charge in [0.25, 0.3) is 0 Å². The number of hydrogen-bond donors (Lipinski definition) is 2. The third kappa shape index (κ3) is 1.85. The number of amidine groups is 1. The third-order valence-electron chi connectivity index (χ3n) is 2.24. The topological polar surface area (TPSA) is 59.1 Å². The van der Waals surface area contributed by atoms with Crippen LogP contribution >= 0.6 is 11.8 Å². The molecule has 1 aliphatic rings. The summed E-state index contributed by atoms with van der Waals surface area (Å²) in [6.45, 7) is 0.708. The summed E-state index contributed by atoms with van der Waals surface area (Å²) in [5, 5.41) is 7.32.